The van der Waals surface area contributed by atoms with E-state index in [1.54, 1.807) is 7.11 Å². The molecule has 3 aromatic rings. The molecule has 0 saturated heterocycles. The van der Waals surface area contributed by atoms with Gasteiger partial charge in [-0.15, -0.1) is 0 Å². The predicted molar refractivity (Wildman–Crippen MR) is 116 cm³/mol. The van der Waals surface area contributed by atoms with Gasteiger partial charge in [0.25, 0.3) is 5.91 Å². The molecule has 0 spiro atoms. The Morgan fingerprint density at radius 2 is 1.86 bits per heavy atom. The third-order valence-corrected chi connectivity index (χ3v) is 5.82. The van der Waals surface area contributed by atoms with Crippen molar-refractivity contribution in [2.45, 2.75) is 39.7 Å². The molecule has 0 fully saturated rings. The van der Waals surface area contributed by atoms with Crippen molar-refractivity contribution in [3.8, 4) is 11.4 Å². The maximum atomic E-state index is 12.5. The minimum atomic E-state index is -0.0625. The van der Waals surface area contributed by atoms with Crippen molar-refractivity contribution in [2.24, 2.45) is 5.92 Å². The number of nitrogens with zero attached hydrogens (tertiary/aromatic N) is 1. The lowest BCUT2D eigenvalue weighted by Gasteiger charge is -2.21. The molecule has 0 aliphatic heterocycles. The molecule has 1 aromatic heterocycles. The van der Waals surface area contributed by atoms with E-state index >= 15 is 0 Å². The van der Waals surface area contributed by atoms with Crippen LogP contribution in [0.25, 0.3) is 5.69 Å². The van der Waals surface area contributed by atoms with Crippen LogP contribution >= 0.6 is 0 Å². The van der Waals surface area contributed by atoms with Gasteiger partial charge in [0.15, 0.2) is 0 Å². The summed E-state index contributed by atoms with van der Waals surface area (Å²) in [6.45, 7) is 4.99. The number of carbonyl (C=O) groups is 1. The van der Waals surface area contributed by atoms with Crippen LogP contribution in [0.1, 0.15) is 46.2 Å². The van der Waals surface area contributed by atoms with Crippen molar-refractivity contribution < 1.29 is 9.53 Å². The van der Waals surface area contributed by atoms with E-state index in [1.165, 1.54) is 23.4 Å². The number of hydrogen-bond acceptors (Lipinski definition) is 2. The zero-order valence-corrected chi connectivity index (χ0v) is 17.4. The summed E-state index contributed by atoms with van der Waals surface area (Å²) < 4.78 is 7.51. The minimum absolute atomic E-state index is 0.0625. The molecule has 1 atom stereocenters. The zero-order valence-electron chi connectivity index (χ0n) is 17.4. The maximum Gasteiger partial charge on any atom is 0.251 e. The maximum absolute atomic E-state index is 12.5. The van der Waals surface area contributed by atoms with Crippen molar-refractivity contribution >= 4 is 5.91 Å². The average molecular weight is 389 g/mol. The first-order valence-corrected chi connectivity index (χ1v) is 10.3. The summed E-state index contributed by atoms with van der Waals surface area (Å²) in [5.41, 5.74) is 7.01. The Hall–Kier alpha value is -3.01. The molecule has 1 aliphatic rings. The largest absolute Gasteiger partial charge is 0.497 e. The number of aromatic nitrogens is 1. The van der Waals surface area contributed by atoms with E-state index in [2.05, 4.69) is 29.8 Å². The van der Waals surface area contributed by atoms with E-state index in [4.69, 9.17) is 4.74 Å². The highest BCUT2D eigenvalue weighted by Crippen LogP contribution is 2.30. The molecular formula is C25H28N2O2. The van der Waals surface area contributed by atoms with Gasteiger partial charge in [0.2, 0.25) is 0 Å². The van der Waals surface area contributed by atoms with Gasteiger partial charge in [-0.05, 0) is 85.7 Å². The molecule has 1 N–H and O–H groups in total. The highest BCUT2D eigenvalue weighted by molar-refractivity contribution is 5.94. The van der Waals surface area contributed by atoms with Crippen molar-refractivity contribution in [1.29, 1.82) is 0 Å². The molecule has 2 aromatic carbocycles. The van der Waals surface area contributed by atoms with Crippen LogP contribution in [0.15, 0.2) is 54.6 Å². The lowest BCUT2D eigenvalue weighted by molar-refractivity contribution is 0.0951. The van der Waals surface area contributed by atoms with E-state index in [0.717, 1.165) is 35.8 Å². The first-order chi connectivity index (χ1) is 14.0. The zero-order chi connectivity index (χ0) is 20.4. The summed E-state index contributed by atoms with van der Waals surface area (Å²) >= 11 is 0. The van der Waals surface area contributed by atoms with Gasteiger partial charge in [-0.1, -0.05) is 19.1 Å². The van der Waals surface area contributed by atoms with Gasteiger partial charge in [-0.25, -0.2) is 0 Å². The van der Waals surface area contributed by atoms with Gasteiger partial charge >= 0.3 is 0 Å². The summed E-state index contributed by atoms with van der Waals surface area (Å²) in [7, 11) is 1.64. The number of carbonyl (C=O) groups excluding carboxylic acids is 1. The third-order valence-electron chi connectivity index (χ3n) is 5.82. The Bertz CT molecular complexity index is 1000. The molecular weight excluding hydrogens is 360 g/mol. The molecule has 0 radical (unpaired) electrons. The van der Waals surface area contributed by atoms with Crippen LogP contribution in [-0.4, -0.2) is 17.6 Å². The SMILES string of the molecule is COc1ccc(CNC(=O)c2ccc(-n3c(C)cc4c3CC[C@@H](C)C4)cc2)cc1. The molecule has 0 saturated carbocycles. The van der Waals surface area contributed by atoms with Crippen molar-refractivity contribution in [3.05, 3.63) is 82.7 Å². The fraction of sp³-hybridized carbons (Fsp3) is 0.320. The second-order valence-electron chi connectivity index (χ2n) is 8.02. The van der Waals surface area contributed by atoms with E-state index in [9.17, 15) is 4.79 Å². The lowest BCUT2D eigenvalue weighted by atomic mass is 9.89. The fourth-order valence-corrected chi connectivity index (χ4v) is 4.22. The first kappa shape index (κ1) is 19.3. The van der Waals surface area contributed by atoms with Gasteiger partial charge in [0.1, 0.15) is 5.75 Å². The molecule has 4 nitrogen and oxygen atoms in total. The Labute approximate surface area is 172 Å². The lowest BCUT2D eigenvalue weighted by Crippen LogP contribution is -2.22. The van der Waals surface area contributed by atoms with Crippen molar-refractivity contribution in [2.75, 3.05) is 7.11 Å². The summed E-state index contributed by atoms with van der Waals surface area (Å²) in [4.78, 5) is 12.5. The third kappa shape index (κ3) is 4.07. The van der Waals surface area contributed by atoms with Crippen LogP contribution in [-0.2, 0) is 19.4 Å². The number of benzene rings is 2. The van der Waals surface area contributed by atoms with Crippen LogP contribution in [0.4, 0.5) is 0 Å². The Morgan fingerprint density at radius 3 is 2.55 bits per heavy atom. The monoisotopic (exact) mass is 388 g/mol. The van der Waals surface area contributed by atoms with Gasteiger partial charge < -0.3 is 14.6 Å². The number of amides is 1. The smallest absolute Gasteiger partial charge is 0.251 e. The van der Waals surface area contributed by atoms with Crippen LogP contribution in [0, 0.1) is 12.8 Å². The van der Waals surface area contributed by atoms with E-state index in [1.807, 2.05) is 48.5 Å². The molecule has 4 heteroatoms. The number of nitrogens with one attached hydrogen (secondary N) is 1. The first-order valence-electron chi connectivity index (χ1n) is 10.3. The van der Waals surface area contributed by atoms with Crippen LogP contribution < -0.4 is 10.1 Å². The molecule has 1 aliphatic carbocycles. The molecule has 150 valence electrons. The fourth-order valence-electron chi connectivity index (χ4n) is 4.22. The highest BCUT2D eigenvalue weighted by atomic mass is 16.5. The second kappa shape index (κ2) is 8.16. The Kier molecular flexibility index (Phi) is 5.43. The van der Waals surface area contributed by atoms with Crippen molar-refractivity contribution in [3.63, 3.8) is 0 Å². The average Bonchev–Trinajstić information content (AvgIpc) is 3.07. The van der Waals surface area contributed by atoms with E-state index in [-0.39, 0.29) is 5.91 Å². The van der Waals surface area contributed by atoms with Gasteiger partial charge in [0, 0.05) is 29.2 Å². The predicted octanol–water partition coefficient (Wildman–Crippen LogP) is 4.85. The topological polar surface area (TPSA) is 43.3 Å². The summed E-state index contributed by atoms with van der Waals surface area (Å²) in [6.07, 6.45) is 3.52. The standard InChI is InChI=1S/C25H28N2O2/c1-17-4-13-24-21(14-17)15-18(2)27(24)22-9-7-20(8-10-22)25(28)26-16-19-5-11-23(29-3)12-6-19/h5-12,15,17H,4,13-14,16H2,1-3H3,(H,26,28)/t17-/m1/s1. The summed E-state index contributed by atoms with van der Waals surface area (Å²) in [5, 5.41) is 2.99. The van der Waals surface area contributed by atoms with Crippen LogP contribution in [0.3, 0.4) is 0 Å². The summed E-state index contributed by atoms with van der Waals surface area (Å²) in [6, 6.07) is 18.0. The molecule has 1 amide bonds. The molecule has 4 rings (SSSR count). The van der Waals surface area contributed by atoms with Crippen LogP contribution in [0.2, 0.25) is 0 Å². The van der Waals surface area contributed by atoms with E-state index in [0.29, 0.717) is 12.1 Å². The normalized spacial score (nSPS) is 15.6. The van der Waals surface area contributed by atoms with Gasteiger partial charge in [-0.2, -0.15) is 0 Å². The van der Waals surface area contributed by atoms with Crippen LogP contribution in [0.5, 0.6) is 5.75 Å². The number of hydrogen-bond donors (Lipinski definition) is 1. The number of ether oxygens (including phenoxy) is 1. The molecule has 29 heavy (non-hydrogen) atoms. The van der Waals surface area contributed by atoms with E-state index < -0.39 is 0 Å². The number of aryl methyl sites for hydroxylation is 1. The number of methoxy groups -OCH3 is 1. The Morgan fingerprint density at radius 1 is 1.14 bits per heavy atom. The molecule has 1 heterocycles. The Balaban J connectivity index is 1.46. The second-order valence-corrected chi connectivity index (χ2v) is 8.02. The number of fused-ring (bicyclic) bond motifs is 1. The van der Waals surface area contributed by atoms with Gasteiger partial charge in [0.05, 0.1) is 7.11 Å². The van der Waals surface area contributed by atoms with Crippen molar-refractivity contribution in [1.82, 2.24) is 9.88 Å². The highest BCUT2D eigenvalue weighted by Gasteiger charge is 2.21. The number of rotatable bonds is 5. The molecule has 0 unspecified atom stereocenters. The molecule has 0 bridgehead atoms. The minimum Gasteiger partial charge on any atom is -0.497 e. The van der Waals surface area contributed by atoms with Gasteiger partial charge in [-0.3, -0.25) is 4.79 Å². The quantitative estimate of drug-likeness (QED) is 0.679. The summed E-state index contributed by atoms with van der Waals surface area (Å²) in [5.74, 6) is 1.51.